The monoisotopic (exact) mass is 440 g/mol. The van der Waals surface area contributed by atoms with Crippen molar-refractivity contribution < 1.29 is 19.7 Å². The molecule has 0 atom stereocenters. The smallest absolute Gasteiger partial charge is 0.277 e. The number of carbonyl (C=O) groups is 1. The summed E-state index contributed by atoms with van der Waals surface area (Å²) in [7, 11) is 0. The van der Waals surface area contributed by atoms with Gasteiger partial charge in [-0.2, -0.15) is 5.10 Å². The second-order valence-corrected chi connectivity index (χ2v) is 6.69. The van der Waals surface area contributed by atoms with Crippen molar-refractivity contribution in [1.82, 2.24) is 5.43 Å². The number of amides is 1. The summed E-state index contributed by atoms with van der Waals surface area (Å²) in [5, 5.41) is 23.0. The minimum absolute atomic E-state index is 0.0923. The van der Waals surface area contributed by atoms with E-state index in [1.807, 2.05) is 42.5 Å². The van der Waals surface area contributed by atoms with Crippen LogP contribution >= 0.6 is 15.9 Å². The Bertz CT molecular complexity index is 989. The Hall–Kier alpha value is -3.32. The van der Waals surface area contributed by atoms with E-state index in [0.717, 1.165) is 11.1 Å². The van der Waals surface area contributed by atoms with Gasteiger partial charge in [-0.1, -0.05) is 42.5 Å². The van der Waals surface area contributed by atoms with E-state index < -0.39 is 5.91 Å². The fourth-order valence-electron chi connectivity index (χ4n) is 2.40. The van der Waals surface area contributed by atoms with Gasteiger partial charge >= 0.3 is 0 Å². The fourth-order valence-corrected chi connectivity index (χ4v) is 2.76. The number of nitrogens with one attached hydrogen (secondary N) is 1. The molecule has 0 saturated heterocycles. The molecule has 1 amide bonds. The molecule has 0 fully saturated rings. The summed E-state index contributed by atoms with van der Waals surface area (Å²) in [5.74, 6) is -0.126. The highest BCUT2D eigenvalue weighted by molar-refractivity contribution is 9.10. The fraction of sp³-hybridized carbons (Fsp3) is 0.0476. The van der Waals surface area contributed by atoms with Crippen molar-refractivity contribution >= 4 is 28.1 Å². The van der Waals surface area contributed by atoms with E-state index in [2.05, 4.69) is 26.5 Å². The van der Waals surface area contributed by atoms with E-state index >= 15 is 0 Å². The molecule has 0 aromatic heterocycles. The first-order valence-corrected chi connectivity index (χ1v) is 9.14. The topological polar surface area (TPSA) is 91.2 Å². The zero-order valence-corrected chi connectivity index (χ0v) is 16.3. The maximum absolute atomic E-state index is 11.8. The molecule has 0 aliphatic heterocycles. The van der Waals surface area contributed by atoms with Crippen molar-refractivity contribution in [3.05, 3.63) is 76.8 Å². The van der Waals surface area contributed by atoms with Crippen molar-refractivity contribution in [2.75, 3.05) is 6.61 Å². The molecule has 142 valence electrons. The van der Waals surface area contributed by atoms with Crippen molar-refractivity contribution in [3.63, 3.8) is 0 Å². The SMILES string of the molecule is O=C(COc1ccc(-c2ccccc2)cc1)N/N=C/c1cc(Br)c(O)cc1O. The number of hydrogen-bond donors (Lipinski definition) is 3. The molecule has 6 nitrogen and oxygen atoms in total. The normalized spacial score (nSPS) is 10.8. The second kappa shape index (κ2) is 9.05. The number of carbonyl (C=O) groups excluding carboxylic acids is 1. The lowest BCUT2D eigenvalue weighted by Gasteiger charge is -2.07. The Morgan fingerprint density at radius 2 is 1.68 bits per heavy atom. The van der Waals surface area contributed by atoms with Crippen LogP contribution in [0.5, 0.6) is 17.2 Å². The molecular formula is C21H17BrN2O4. The minimum Gasteiger partial charge on any atom is -0.507 e. The first-order valence-electron chi connectivity index (χ1n) is 8.34. The van der Waals surface area contributed by atoms with E-state index in [1.165, 1.54) is 18.3 Å². The van der Waals surface area contributed by atoms with Crippen molar-refractivity contribution in [2.45, 2.75) is 0 Å². The molecule has 0 spiro atoms. The molecule has 0 radical (unpaired) electrons. The van der Waals surface area contributed by atoms with E-state index in [9.17, 15) is 15.0 Å². The summed E-state index contributed by atoms with van der Waals surface area (Å²) < 4.78 is 5.85. The van der Waals surface area contributed by atoms with Gasteiger partial charge in [-0.05, 0) is 45.3 Å². The number of hydrazone groups is 1. The zero-order chi connectivity index (χ0) is 19.9. The van der Waals surface area contributed by atoms with Crippen LogP contribution in [0, 0.1) is 0 Å². The molecule has 28 heavy (non-hydrogen) atoms. The third-order valence-corrected chi connectivity index (χ3v) is 4.46. The largest absolute Gasteiger partial charge is 0.507 e. The van der Waals surface area contributed by atoms with E-state index in [-0.39, 0.29) is 18.1 Å². The number of phenolic OH excluding ortho intramolecular Hbond substituents is 2. The number of ether oxygens (including phenoxy) is 1. The number of rotatable bonds is 6. The average Bonchev–Trinajstić information content (AvgIpc) is 2.71. The molecular weight excluding hydrogens is 424 g/mol. The summed E-state index contributed by atoms with van der Waals surface area (Å²) in [6, 6.07) is 20.0. The van der Waals surface area contributed by atoms with Gasteiger partial charge in [0.2, 0.25) is 0 Å². The number of benzene rings is 3. The van der Waals surface area contributed by atoms with Gasteiger partial charge in [-0.15, -0.1) is 0 Å². The van der Waals surface area contributed by atoms with Crippen LogP contribution in [-0.2, 0) is 4.79 Å². The van der Waals surface area contributed by atoms with Crippen LogP contribution in [-0.4, -0.2) is 28.9 Å². The lowest BCUT2D eigenvalue weighted by Crippen LogP contribution is -2.24. The second-order valence-electron chi connectivity index (χ2n) is 5.83. The Balaban J connectivity index is 1.51. The first-order chi connectivity index (χ1) is 13.5. The van der Waals surface area contributed by atoms with Crippen LogP contribution in [0.3, 0.4) is 0 Å². The predicted molar refractivity (Wildman–Crippen MR) is 111 cm³/mol. The van der Waals surface area contributed by atoms with Crippen LogP contribution in [0.15, 0.2) is 76.3 Å². The zero-order valence-electron chi connectivity index (χ0n) is 14.7. The van der Waals surface area contributed by atoms with Gasteiger partial charge in [0.15, 0.2) is 6.61 Å². The van der Waals surface area contributed by atoms with Gasteiger partial charge in [0.05, 0.1) is 10.7 Å². The maximum atomic E-state index is 11.8. The van der Waals surface area contributed by atoms with E-state index in [4.69, 9.17) is 4.74 Å². The number of aromatic hydroxyl groups is 2. The lowest BCUT2D eigenvalue weighted by atomic mass is 10.1. The van der Waals surface area contributed by atoms with Crippen LogP contribution in [0.2, 0.25) is 0 Å². The summed E-state index contributed by atoms with van der Waals surface area (Å²) in [5.41, 5.74) is 4.81. The van der Waals surface area contributed by atoms with Crippen molar-refractivity contribution in [3.8, 4) is 28.4 Å². The highest BCUT2D eigenvalue weighted by atomic mass is 79.9. The van der Waals surface area contributed by atoms with Gasteiger partial charge in [-0.3, -0.25) is 4.79 Å². The van der Waals surface area contributed by atoms with E-state index in [1.54, 1.807) is 12.1 Å². The molecule has 0 aliphatic carbocycles. The molecule has 0 aliphatic rings. The minimum atomic E-state index is -0.444. The molecule has 0 bridgehead atoms. The summed E-state index contributed by atoms with van der Waals surface area (Å²) in [4.78, 5) is 11.8. The van der Waals surface area contributed by atoms with Gasteiger partial charge in [0.1, 0.15) is 17.2 Å². The van der Waals surface area contributed by atoms with Gasteiger partial charge in [0, 0.05) is 11.6 Å². The average molecular weight is 441 g/mol. The van der Waals surface area contributed by atoms with Gasteiger partial charge in [0.25, 0.3) is 5.91 Å². The number of hydrogen-bond acceptors (Lipinski definition) is 5. The number of nitrogens with zero attached hydrogens (tertiary/aromatic N) is 1. The van der Waals surface area contributed by atoms with Crippen LogP contribution < -0.4 is 10.2 Å². The van der Waals surface area contributed by atoms with Crippen molar-refractivity contribution in [2.24, 2.45) is 5.10 Å². The highest BCUT2D eigenvalue weighted by Gasteiger charge is 2.06. The van der Waals surface area contributed by atoms with Crippen LogP contribution in [0.1, 0.15) is 5.56 Å². The standard InChI is InChI=1S/C21H17BrN2O4/c22-18-10-16(19(25)11-20(18)26)12-23-24-21(27)13-28-17-8-6-15(7-9-17)14-4-2-1-3-5-14/h1-12,25-26H,13H2,(H,24,27)/b23-12+. The highest BCUT2D eigenvalue weighted by Crippen LogP contribution is 2.30. The van der Waals surface area contributed by atoms with Gasteiger partial charge in [-0.25, -0.2) is 5.43 Å². The Kier molecular flexibility index (Phi) is 6.29. The molecule has 7 heteroatoms. The van der Waals surface area contributed by atoms with Gasteiger partial charge < -0.3 is 14.9 Å². The summed E-state index contributed by atoms with van der Waals surface area (Å²) >= 11 is 3.14. The molecule has 0 unspecified atom stereocenters. The third kappa shape index (κ3) is 5.11. The molecule has 0 saturated carbocycles. The third-order valence-electron chi connectivity index (χ3n) is 3.82. The first kappa shape index (κ1) is 19.4. The van der Waals surface area contributed by atoms with Crippen molar-refractivity contribution in [1.29, 1.82) is 0 Å². The Morgan fingerprint density at radius 3 is 2.39 bits per heavy atom. The molecule has 3 aromatic carbocycles. The number of phenols is 2. The van der Waals surface area contributed by atoms with Crippen LogP contribution in [0.25, 0.3) is 11.1 Å². The summed E-state index contributed by atoms with van der Waals surface area (Å²) in [6.07, 6.45) is 1.27. The Morgan fingerprint density at radius 1 is 1.00 bits per heavy atom. The molecule has 3 N–H and O–H groups in total. The Labute approximate surface area is 170 Å². The molecule has 3 aromatic rings. The lowest BCUT2D eigenvalue weighted by molar-refractivity contribution is -0.123. The molecule has 3 rings (SSSR count). The summed E-state index contributed by atoms with van der Waals surface area (Å²) in [6.45, 7) is -0.201. The van der Waals surface area contributed by atoms with E-state index in [0.29, 0.717) is 15.8 Å². The van der Waals surface area contributed by atoms with Crippen LogP contribution in [0.4, 0.5) is 0 Å². The quantitative estimate of drug-likeness (QED) is 0.398. The number of halogens is 1. The predicted octanol–water partition coefficient (Wildman–Crippen LogP) is 4.06. The molecule has 0 heterocycles. The maximum Gasteiger partial charge on any atom is 0.277 e.